The fourth-order valence-electron chi connectivity index (χ4n) is 3.12. The highest BCUT2D eigenvalue weighted by Crippen LogP contribution is 2.21. The number of hydrogen-bond donors (Lipinski definition) is 0. The maximum atomic E-state index is 3.85. The Morgan fingerprint density at radius 1 is 0.650 bits per heavy atom. The van der Waals surface area contributed by atoms with E-state index in [0.29, 0.717) is 0 Å². The van der Waals surface area contributed by atoms with Crippen molar-refractivity contribution in [3.63, 3.8) is 0 Å². The van der Waals surface area contributed by atoms with Crippen molar-refractivity contribution in [1.82, 2.24) is 0 Å². The van der Waals surface area contributed by atoms with Gasteiger partial charge in [-0.15, -0.1) is 6.58 Å². The summed E-state index contributed by atoms with van der Waals surface area (Å²) in [5.74, 6) is 0.965. The van der Waals surface area contributed by atoms with Crippen LogP contribution in [-0.4, -0.2) is 0 Å². The first-order chi connectivity index (χ1) is 9.85. The van der Waals surface area contributed by atoms with Crippen LogP contribution < -0.4 is 0 Å². The van der Waals surface area contributed by atoms with Crippen LogP contribution in [-0.2, 0) is 0 Å². The molecule has 0 fully saturated rings. The van der Waals surface area contributed by atoms with E-state index in [1.54, 1.807) is 0 Å². The highest BCUT2D eigenvalue weighted by molar-refractivity contribution is 4.70. The lowest BCUT2D eigenvalue weighted by Gasteiger charge is -2.14. The van der Waals surface area contributed by atoms with Gasteiger partial charge in [0, 0.05) is 0 Å². The van der Waals surface area contributed by atoms with Gasteiger partial charge in [-0.25, -0.2) is 0 Å². The topological polar surface area (TPSA) is 0 Å². The van der Waals surface area contributed by atoms with E-state index in [1.807, 2.05) is 0 Å². The standard InChI is InChI=1S/C20H40/c1-4-7-9-10-11-12-13-14-15-16-19-20(17-6-3)18-8-5-2/h5,20H,2,4,6-19H2,1,3H3. The Morgan fingerprint density at radius 3 is 1.70 bits per heavy atom. The molecule has 0 radical (unpaired) electrons. The van der Waals surface area contributed by atoms with E-state index in [2.05, 4.69) is 26.5 Å². The van der Waals surface area contributed by atoms with Crippen molar-refractivity contribution in [1.29, 1.82) is 0 Å². The minimum absolute atomic E-state index is 0.965. The Labute approximate surface area is 129 Å². The first-order valence-electron chi connectivity index (χ1n) is 9.46. The molecule has 0 bridgehead atoms. The summed E-state index contributed by atoms with van der Waals surface area (Å²) in [6.45, 7) is 8.46. The van der Waals surface area contributed by atoms with Gasteiger partial charge in [-0.05, 0) is 18.8 Å². The predicted octanol–water partition coefficient (Wildman–Crippen LogP) is 7.68. The maximum Gasteiger partial charge on any atom is -0.0351 e. The van der Waals surface area contributed by atoms with E-state index in [4.69, 9.17) is 0 Å². The molecule has 120 valence electrons. The molecule has 0 heteroatoms. The molecule has 0 aliphatic rings. The lowest BCUT2D eigenvalue weighted by atomic mass is 9.92. The normalized spacial score (nSPS) is 12.5. The van der Waals surface area contributed by atoms with Crippen LogP contribution in [0.25, 0.3) is 0 Å². The van der Waals surface area contributed by atoms with Crippen LogP contribution in [0.1, 0.15) is 110 Å². The molecule has 0 aromatic rings. The van der Waals surface area contributed by atoms with Crippen molar-refractivity contribution in [2.24, 2.45) is 5.92 Å². The summed E-state index contributed by atoms with van der Waals surface area (Å²) in [7, 11) is 0. The molecule has 0 saturated heterocycles. The van der Waals surface area contributed by atoms with Crippen LogP contribution in [0.2, 0.25) is 0 Å². The lowest BCUT2D eigenvalue weighted by molar-refractivity contribution is 0.396. The summed E-state index contributed by atoms with van der Waals surface area (Å²) in [4.78, 5) is 0. The lowest BCUT2D eigenvalue weighted by Crippen LogP contribution is -1.99. The van der Waals surface area contributed by atoms with E-state index in [9.17, 15) is 0 Å². The Balaban J connectivity index is 3.29. The van der Waals surface area contributed by atoms with E-state index >= 15 is 0 Å². The third-order valence-corrected chi connectivity index (χ3v) is 4.44. The molecule has 0 nitrogen and oxygen atoms in total. The van der Waals surface area contributed by atoms with Gasteiger partial charge in [-0.1, -0.05) is 103 Å². The molecule has 0 saturated carbocycles. The van der Waals surface area contributed by atoms with Gasteiger partial charge >= 0.3 is 0 Å². The zero-order chi connectivity index (χ0) is 14.9. The van der Waals surface area contributed by atoms with Gasteiger partial charge in [0.15, 0.2) is 0 Å². The van der Waals surface area contributed by atoms with E-state index < -0.39 is 0 Å². The van der Waals surface area contributed by atoms with E-state index in [0.717, 1.165) is 5.92 Å². The molecule has 1 atom stereocenters. The molecule has 0 rings (SSSR count). The number of unbranched alkanes of at least 4 members (excludes halogenated alkanes) is 9. The average molecular weight is 281 g/mol. The molecule has 0 aliphatic carbocycles. The number of allylic oxidation sites excluding steroid dienone is 1. The maximum absolute atomic E-state index is 3.85. The highest BCUT2D eigenvalue weighted by Gasteiger charge is 2.06. The molecular formula is C20H40. The smallest absolute Gasteiger partial charge is 0.0351 e. The molecular weight excluding hydrogens is 240 g/mol. The van der Waals surface area contributed by atoms with Crippen molar-refractivity contribution in [3.05, 3.63) is 12.7 Å². The Kier molecular flexibility index (Phi) is 16.6. The SMILES string of the molecule is C=CCCC(CCC)CCCCCCCCCCCC. The second-order valence-electron chi connectivity index (χ2n) is 6.49. The van der Waals surface area contributed by atoms with Gasteiger partial charge in [-0.3, -0.25) is 0 Å². The molecule has 0 amide bonds. The van der Waals surface area contributed by atoms with Crippen molar-refractivity contribution in [3.8, 4) is 0 Å². The third-order valence-electron chi connectivity index (χ3n) is 4.44. The first-order valence-corrected chi connectivity index (χ1v) is 9.46. The van der Waals surface area contributed by atoms with Gasteiger partial charge in [-0.2, -0.15) is 0 Å². The fraction of sp³-hybridized carbons (Fsp3) is 0.900. The Bertz CT molecular complexity index is 182. The van der Waals surface area contributed by atoms with Crippen LogP contribution in [0.5, 0.6) is 0 Å². The second-order valence-corrected chi connectivity index (χ2v) is 6.49. The van der Waals surface area contributed by atoms with Crippen molar-refractivity contribution in [2.75, 3.05) is 0 Å². The summed E-state index contributed by atoms with van der Waals surface area (Å²) in [5.41, 5.74) is 0. The summed E-state index contributed by atoms with van der Waals surface area (Å²) >= 11 is 0. The van der Waals surface area contributed by atoms with E-state index in [-0.39, 0.29) is 0 Å². The minimum Gasteiger partial charge on any atom is -0.103 e. The van der Waals surface area contributed by atoms with Crippen LogP contribution in [0, 0.1) is 5.92 Å². The number of hydrogen-bond acceptors (Lipinski definition) is 0. The molecule has 0 aromatic heterocycles. The third kappa shape index (κ3) is 14.2. The molecule has 0 aliphatic heterocycles. The largest absolute Gasteiger partial charge is 0.103 e. The van der Waals surface area contributed by atoms with Gasteiger partial charge in [0.05, 0.1) is 0 Å². The zero-order valence-corrected chi connectivity index (χ0v) is 14.5. The highest BCUT2D eigenvalue weighted by atomic mass is 14.1. The fourth-order valence-corrected chi connectivity index (χ4v) is 3.12. The predicted molar refractivity (Wildman–Crippen MR) is 94.3 cm³/mol. The summed E-state index contributed by atoms with van der Waals surface area (Å²) in [6.07, 6.45) is 23.4. The number of rotatable bonds is 16. The van der Waals surface area contributed by atoms with Gasteiger partial charge in [0.2, 0.25) is 0 Å². The van der Waals surface area contributed by atoms with Crippen molar-refractivity contribution >= 4 is 0 Å². The first kappa shape index (κ1) is 19.7. The zero-order valence-electron chi connectivity index (χ0n) is 14.5. The van der Waals surface area contributed by atoms with Crippen LogP contribution >= 0.6 is 0 Å². The van der Waals surface area contributed by atoms with E-state index in [1.165, 1.54) is 96.3 Å². The Hall–Kier alpha value is -0.260. The molecule has 0 N–H and O–H groups in total. The van der Waals surface area contributed by atoms with Gasteiger partial charge < -0.3 is 0 Å². The summed E-state index contributed by atoms with van der Waals surface area (Å²) in [5, 5.41) is 0. The van der Waals surface area contributed by atoms with Crippen molar-refractivity contribution in [2.45, 2.75) is 110 Å². The second kappa shape index (κ2) is 16.8. The summed E-state index contributed by atoms with van der Waals surface area (Å²) < 4.78 is 0. The van der Waals surface area contributed by atoms with Gasteiger partial charge in [0.25, 0.3) is 0 Å². The molecule has 0 spiro atoms. The molecule has 0 aromatic carbocycles. The van der Waals surface area contributed by atoms with Gasteiger partial charge in [0.1, 0.15) is 0 Å². The molecule has 20 heavy (non-hydrogen) atoms. The molecule has 0 heterocycles. The average Bonchev–Trinajstić information content (AvgIpc) is 2.46. The van der Waals surface area contributed by atoms with Crippen LogP contribution in [0.4, 0.5) is 0 Å². The minimum atomic E-state index is 0.965. The quantitative estimate of drug-likeness (QED) is 0.201. The molecule has 1 unspecified atom stereocenters. The van der Waals surface area contributed by atoms with Crippen molar-refractivity contribution < 1.29 is 0 Å². The van der Waals surface area contributed by atoms with Crippen LogP contribution in [0.15, 0.2) is 12.7 Å². The Morgan fingerprint density at radius 2 is 1.20 bits per heavy atom. The summed E-state index contributed by atoms with van der Waals surface area (Å²) in [6, 6.07) is 0. The van der Waals surface area contributed by atoms with Crippen LogP contribution in [0.3, 0.4) is 0 Å². The monoisotopic (exact) mass is 280 g/mol.